The summed E-state index contributed by atoms with van der Waals surface area (Å²) in [5, 5.41) is 2.65. The molecule has 0 atom stereocenters. The van der Waals surface area contributed by atoms with Crippen molar-refractivity contribution in [2.24, 2.45) is 0 Å². The van der Waals surface area contributed by atoms with Crippen LogP contribution in [0.1, 0.15) is 21.5 Å². The fraction of sp³-hybridized carbons (Fsp3) is 0.130. The average molecular weight is 455 g/mol. The van der Waals surface area contributed by atoms with Crippen LogP contribution in [-0.2, 0) is 9.84 Å². The highest BCUT2D eigenvalue weighted by Crippen LogP contribution is 2.27. The van der Waals surface area contributed by atoms with E-state index < -0.39 is 26.4 Å². The van der Waals surface area contributed by atoms with E-state index in [4.69, 9.17) is 0 Å². The standard InChI is InChI=1S/C23H19F2N3O3S/c1-14-9-10-28-13-19(26-21(28)11-14)16-8-7-15(2)18(12-16)27-22(29)17-5-3-4-6-20(17)32(30,31)23(24)25/h3-13,23H,1-2H3,(H,27,29). The van der Waals surface area contributed by atoms with Crippen LogP contribution in [-0.4, -0.2) is 29.5 Å². The predicted octanol–water partition coefficient (Wildman–Crippen LogP) is 4.87. The molecular weight excluding hydrogens is 436 g/mol. The summed E-state index contributed by atoms with van der Waals surface area (Å²) in [5.41, 5.74) is 4.07. The van der Waals surface area contributed by atoms with Gasteiger partial charge in [0.25, 0.3) is 5.91 Å². The Hall–Kier alpha value is -3.59. The Balaban J connectivity index is 1.69. The van der Waals surface area contributed by atoms with Gasteiger partial charge in [-0.2, -0.15) is 8.78 Å². The van der Waals surface area contributed by atoms with Crippen molar-refractivity contribution < 1.29 is 22.0 Å². The number of sulfone groups is 1. The van der Waals surface area contributed by atoms with Gasteiger partial charge < -0.3 is 9.72 Å². The highest BCUT2D eigenvalue weighted by molar-refractivity contribution is 7.91. The van der Waals surface area contributed by atoms with Crippen molar-refractivity contribution >= 4 is 27.1 Å². The van der Waals surface area contributed by atoms with Crippen molar-refractivity contribution in [2.45, 2.75) is 24.5 Å². The van der Waals surface area contributed by atoms with Gasteiger partial charge >= 0.3 is 5.76 Å². The van der Waals surface area contributed by atoms with E-state index in [1.54, 1.807) is 19.1 Å². The maximum Gasteiger partial charge on any atom is 0.341 e. The number of benzene rings is 2. The van der Waals surface area contributed by atoms with Crippen LogP contribution in [0.15, 0.2) is 71.9 Å². The largest absolute Gasteiger partial charge is 0.341 e. The molecule has 0 aliphatic carbocycles. The highest BCUT2D eigenvalue weighted by Gasteiger charge is 2.31. The molecule has 32 heavy (non-hydrogen) atoms. The summed E-state index contributed by atoms with van der Waals surface area (Å²) < 4.78 is 52.0. The number of alkyl halides is 2. The topological polar surface area (TPSA) is 80.5 Å². The first-order valence-corrected chi connectivity index (χ1v) is 11.2. The number of hydrogen-bond acceptors (Lipinski definition) is 4. The molecule has 0 radical (unpaired) electrons. The van der Waals surface area contributed by atoms with Crippen LogP contribution in [0.2, 0.25) is 0 Å². The average Bonchev–Trinajstić information content (AvgIpc) is 3.18. The molecule has 0 spiro atoms. The monoisotopic (exact) mass is 455 g/mol. The lowest BCUT2D eigenvalue weighted by molar-refractivity contribution is 0.102. The Labute approximate surface area is 183 Å². The summed E-state index contributed by atoms with van der Waals surface area (Å²) in [5.74, 6) is -4.42. The quantitative estimate of drug-likeness (QED) is 0.466. The number of hydrogen-bond donors (Lipinski definition) is 1. The number of pyridine rings is 1. The Bertz CT molecular complexity index is 1450. The van der Waals surface area contributed by atoms with E-state index in [0.717, 1.165) is 28.4 Å². The van der Waals surface area contributed by atoms with Gasteiger partial charge in [0, 0.05) is 23.6 Å². The minimum absolute atomic E-state index is 0.346. The summed E-state index contributed by atoms with van der Waals surface area (Å²) in [6, 6.07) is 14.2. The number of anilines is 1. The van der Waals surface area contributed by atoms with Crippen LogP contribution in [0.3, 0.4) is 0 Å². The molecule has 4 rings (SSSR count). The third-order valence-corrected chi connectivity index (χ3v) is 6.51. The summed E-state index contributed by atoms with van der Waals surface area (Å²) >= 11 is 0. The molecule has 0 saturated heterocycles. The lowest BCUT2D eigenvalue weighted by atomic mass is 10.1. The number of carbonyl (C=O) groups is 1. The van der Waals surface area contributed by atoms with Crippen LogP contribution in [0.5, 0.6) is 0 Å². The van der Waals surface area contributed by atoms with Gasteiger partial charge in [-0.05, 0) is 55.3 Å². The molecule has 0 aliphatic heterocycles. The number of carbonyl (C=O) groups excluding carboxylic acids is 1. The lowest BCUT2D eigenvalue weighted by Crippen LogP contribution is -2.20. The normalized spacial score (nSPS) is 11.8. The van der Waals surface area contributed by atoms with Gasteiger partial charge in [-0.3, -0.25) is 4.79 Å². The molecule has 0 fully saturated rings. The van der Waals surface area contributed by atoms with Crippen molar-refractivity contribution in [3.63, 3.8) is 0 Å². The summed E-state index contributed by atoms with van der Waals surface area (Å²) in [7, 11) is -4.93. The Kier molecular flexibility index (Phi) is 5.52. The zero-order valence-corrected chi connectivity index (χ0v) is 18.0. The van der Waals surface area contributed by atoms with E-state index >= 15 is 0 Å². The van der Waals surface area contributed by atoms with E-state index in [1.807, 2.05) is 41.9 Å². The van der Waals surface area contributed by atoms with Gasteiger partial charge in [-0.1, -0.05) is 24.3 Å². The number of nitrogens with one attached hydrogen (secondary N) is 1. The molecule has 0 aliphatic rings. The second kappa shape index (κ2) is 8.16. The molecule has 6 nitrogen and oxygen atoms in total. The van der Waals surface area contributed by atoms with Gasteiger partial charge in [0.15, 0.2) is 0 Å². The van der Waals surface area contributed by atoms with Gasteiger partial charge in [-0.15, -0.1) is 0 Å². The second-order valence-corrected chi connectivity index (χ2v) is 9.27. The van der Waals surface area contributed by atoms with Crippen LogP contribution >= 0.6 is 0 Å². The summed E-state index contributed by atoms with van der Waals surface area (Å²) in [6.45, 7) is 3.74. The molecule has 9 heteroatoms. The predicted molar refractivity (Wildman–Crippen MR) is 118 cm³/mol. The Morgan fingerprint density at radius 2 is 1.81 bits per heavy atom. The number of nitrogens with zero attached hydrogens (tertiary/aromatic N) is 2. The van der Waals surface area contributed by atoms with E-state index in [1.165, 1.54) is 18.2 Å². The number of aryl methyl sites for hydroxylation is 2. The number of imidazole rings is 1. The first-order chi connectivity index (χ1) is 15.2. The maximum atomic E-state index is 13.1. The molecular formula is C23H19F2N3O3S. The molecule has 2 aromatic heterocycles. The van der Waals surface area contributed by atoms with Gasteiger partial charge in [0.05, 0.1) is 16.2 Å². The number of halogens is 2. The van der Waals surface area contributed by atoms with Crippen molar-refractivity contribution in [1.82, 2.24) is 9.38 Å². The van der Waals surface area contributed by atoms with E-state index in [0.29, 0.717) is 11.4 Å². The molecule has 0 bridgehead atoms. The van der Waals surface area contributed by atoms with Crippen molar-refractivity contribution in [2.75, 3.05) is 5.32 Å². The summed E-state index contributed by atoms with van der Waals surface area (Å²) in [4.78, 5) is 16.7. The first-order valence-electron chi connectivity index (χ1n) is 9.65. The molecule has 2 heterocycles. The smallest absolute Gasteiger partial charge is 0.322 e. The zero-order valence-electron chi connectivity index (χ0n) is 17.2. The van der Waals surface area contributed by atoms with Gasteiger partial charge in [0.1, 0.15) is 5.65 Å². The Morgan fingerprint density at radius 3 is 2.56 bits per heavy atom. The van der Waals surface area contributed by atoms with Crippen molar-refractivity contribution in [3.8, 4) is 11.3 Å². The van der Waals surface area contributed by atoms with E-state index in [2.05, 4.69) is 10.3 Å². The maximum absolute atomic E-state index is 13.1. The summed E-state index contributed by atoms with van der Waals surface area (Å²) in [6.07, 6.45) is 3.76. The van der Waals surface area contributed by atoms with Crippen LogP contribution in [0, 0.1) is 13.8 Å². The third-order valence-electron chi connectivity index (χ3n) is 5.07. The van der Waals surface area contributed by atoms with Crippen LogP contribution in [0.25, 0.3) is 16.9 Å². The zero-order chi connectivity index (χ0) is 23.0. The fourth-order valence-electron chi connectivity index (χ4n) is 3.33. The fourth-order valence-corrected chi connectivity index (χ4v) is 4.25. The molecule has 164 valence electrons. The molecule has 1 amide bonds. The number of rotatable bonds is 5. The van der Waals surface area contributed by atoms with Crippen molar-refractivity contribution in [3.05, 3.63) is 83.7 Å². The third kappa shape index (κ3) is 3.99. The van der Waals surface area contributed by atoms with E-state index in [-0.39, 0.29) is 5.56 Å². The van der Waals surface area contributed by atoms with Crippen molar-refractivity contribution in [1.29, 1.82) is 0 Å². The number of amides is 1. The number of fused-ring (bicyclic) bond motifs is 1. The van der Waals surface area contributed by atoms with Crippen LogP contribution < -0.4 is 5.32 Å². The SMILES string of the molecule is Cc1ccn2cc(-c3ccc(C)c(NC(=O)c4ccccc4S(=O)(=O)C(F)F)c3)nc2c1. The molecule has 4 aromatic rings. The Morgan fingerprint density at radius 1 is 1.06 bits per heavy atom. The number of aromatic nitrogens is 2. The van der Waals surface area contributed by atoms with Gasteiger partial charge in [-0.25, -0.2) is 13.4 Å². The minimum Gasteiger partial charge on any atom is -0.322 e. The second-order valence-electron chi connectivity index (χ2n) is 7.38. The molecule has 2 aromatic carbocycles. The minimum atomic E-state index is -4.93. The first kappa shape index (κ1) is 21.6. The van der Waals surface area contributed by atoms with Crippen LogP contribution in [0.4, 0.5) is 14.5 Å². The highest BCUT2D eigenvalue weighted by atomic mass is 32.2. The molecule has 0 saturated carbocycles. The molecule has 0 unspecified atom stereocenters. The van der Waals surface area contributed by atoms with Gasteiger partial charge in [0.2, 0.25) is 9.84 Å². The lowest BCUT2D eigenvalue weighted by Gasteiger charge is -2.13. The molecule has 1 N–H and O–H groups in total. The van der Waals surface area contributed by atoms with E-state index in [9.17, 15) is 22.0 Å².